The first-order chi connectivity index (χ1) is 24.8. The summed E-state index contributed by atoms with van der Waals surface area (Å²) in [5, 5.41) is 5.07. The van der Waals surface area contributed by atoms with E-state index in [1.54, 1.807) is 0 Å². The molecule has 3 heterocycles. The number of rotatable bonds is 5. The van der Waals surface area contributed by atoms with Gasteiger partial charge in [0, 0.05) is 53.3 Å². The van der Waals surface area contributed by atoms with Crippen molar-refractivity contribution in [2.45, 2.75) is 0 Å². The van der Waals surface area contributed by atoms with Crippen LogP contribution in [0.2, 0.25) is 0 Å². The van der Waals surface area contributed by atoms with Crippen molar-refractivity contribution in [2.75, 3.05) is 0 Å². The zero-order valence-electron chi connectivity index (χ0n) is 26.9. The average Bonchev–Trinajstić information content (AvgIpc) is 3.74. The van der Waals surface area contributed by atoms with Crippen molar-refractivity contribution in [1.29, 1.82) is 0 Å². The fourth-order valence-electron chi connectivity index (χ4n) is 7.11. The molecule has 0 spiro atoms. The Kier molecular flexibility index (Phi) is 6.64. The van der Waals surface area contributed by atoms with E-state index in [9.17, 15) is 0 Å². The molecule has 0 atom stereocenters. The van der Waals surface area contributed by atoms with Crippen LogP contribution in [0.25, 0.3) is 93.0 Å². The average molecular weight is 657 g/mol. The molecule has 0 aliphatic rings. The minimum Gasteiger partial charge on any atom is -0.309 e. The van der Waals surface area contributed by atoms with Gasteiger partial charge < -0.3 is 4.57 Å². The third-order valence-corrected chi connectivity index (χ3v) is 10.7. The Hall–Kier alpha value is -6.43. The molecule has 3 aromatic heterocycles. The lowest BCUT2D eigenvalue weighted by molar-refractivity contribution is 1.07. The van der Waals surface area contributed by atoms with Crippen LogP contribution in [0.1, 0.15) is 0 Å². The fraction of sp³-hybridized carbons (Fsp3) is 0. The van der Waals surface area contributed by atoms with Gasteiger partial charge in [-0.05, 0) is 47.5 Å². The maximum Gasteiger partial charge on any atom is 0.164 e. The van der Waals surface area contributed by atoms with E-state index in [1.165, 1.54) is 42.1 Å². The number of aromatic nitrogens is 4. The minimum atomic E-state index is 0.638. The molecule has 5 heteroatoms. The maximum absolute atomic E-state index is 5.00. The van der Waals surface area contributed by atoms with Gasteiger partial charge >= 0.3 is 0 Å². The first kappa shape index (κ1) is 28.6. The zero-order chi connectivity index (χ0) is 33.0. The van der Waals surface area contributed by atoms with Gasteiger partial charge in [-0.1, -0.05) is 133 Å². The maximum atomic E-state index is 5.00. The lowest BCUT2D eigenvalue weighted by Crippen LogP contribution is -2.01. The Morgan fingerprint density at radius 3 is 1.72 bits per heavy atom. The first-order valence-electron chi connectivity index (χ1n) is 16.7. The second-order valence-corrected chi connectivity index (χ2v) is 13.5. The summed E-state index contributed by atoms with van der Waals surface area (Å²) < 4.78 is 5.00. The summed E-state index contributed by atoms with van der Waals surface area (Å²) in [6, 6.07) is 59.7. The molecule has 0 N–H and O–H groups in total. The van der Waals surface area contributed by atoms with Gasteiger partial charge in [0.25, 0.3) is 0 Å². The Bertz CT molecular complexity index is 2810. The smallest absolute Gasteiger partial charge is 0.164 e. The van der Waals surface area contributed by atoms with Crippen LogP contribution in [0.4, 0.5) is 0 Å². The van der Waals surface area contributed by atoms with E-state index in [2.05, 4.69) is 114 Å². The zero-order valence-corrected chi connectivity index (χ0v) is 27.7. The van der Waals surface area contributed by atoms with Gasteiger partial charge in [-0.15, -0.1) is 11.3 Å². The van der Waals surface area contributed by atoms with Gasteiger partial charge in [0.15, 0.2) is 17.5 Å². The third-order valence-electron chi connectivity index (χ3n) is 9.45. The van der Waals surface area contributed by atoms with Crippen molar-refractivity contribution in [3.05, 3.63) is 170 Å². The highest BCUT2D eigenvalue weighted by atomic mass is 32.1. The van der Waals surface area contributed by atoms with Crippen molar-refractivity contribution in [3.8, 4) is 51.0 Å². The van der Waals surface area contributed by atoms with E-state index in [0.29, 0.717) is 17.5 Å². The number of fused-ring (bicyclic) bond motifs is 6. The Labute approximate surface area is 292 Å². The van der Waals surface area contributed by atoms with Crippen LogP contribution in [0.3, 0.4) is 0 Å². The molecule has 4 nitrogen and oxygen atoms in total. The van der Waals surface area contributed by atoms with Crippen LogP contribution >= 0.6 is 11.3 Å². The lowest BCUT2D eigenvalue weighted by atomic mass is 10.0. The van der Waals surface area contributed by atoms with E-state index in [0.717, 1.165) is 33.4 Å². The highest BCUT2D eigenvalue weighted by Crippen LogP contribution is 2.42. The monoisotopic (exact) mass is 656 g/mol. The summed E-state index contributed by atoms with van der Waals surface area (Å²) in [6.45, 7) is 0. The third kappa shape index (κ3) is 4.71. The predicted octanol–water partition coefficient (Wildman–Crippen LogP) is 12.0. The standard InChI is InChI=1S/C45H28N4S/c1-3-13-29(14-4-1)43-46-44(30-15-5-2-6-16-30)48-45(47-43)32-17-11-18-33(27-32)49-39-23-9-7-19-35(39)38-28-31(25-26-40(38)49)34-21-12-22-37-36-20-8-10-24-41(36)50-42(34)37/h1-28H. The molecule has 0 saturated heterocycles. The summed E-state index contributed by atoms with van der Waals surface area (Å²) in [4.78, 5) is 14.9. The van der Waals surface area contributed by atoms with E-state index in [-0.39, 0.29) is 0 Å². The van der Waals surface area contributed by atoms with Gasteiger partial charge in [-0.2, -0.15) is 0 Å². The summed E-state index contributed by atoms with van der Waals surface area (Å²) in [7, 11) is 0. The second-order valence-electron chi connectivity index (χ2n) is 12.5. The minimum absolute atomic E-state index is 0.638. The first-order valence-corrected chi connectivity index (χ1v) is 17.5. The van der Waals surface area contributed by atoms with E-state index in [1.807, 2.05) is 72.0 Å². The summed E-state index contributed by atoms with van der Waals surface area (Å²) >= 11 is 1.87. The van der Waals surface area contributed by atoms with Gasteiger partial charge in [0.05, 0.1) is 11.0 Å². The van der Waals surface area contributed by atoms with Gasteiger partial charge in [-0.25, -0.2) is 15.0 Å². The molecule has 234 valence electrons. The number of para-hydroxylation sites is 1. The molecule has 0 saturated carbocycles. The summed E-state index contributed by atoms with van der Waals surface area (Å²) in [6.07, 6.45) is 0. The SMILES string of the molecule is c1ccc(-c2nc(-c3ccccc3)nc(-c3cccc(-n4c5ccccc5c5cc(-c6cccc7c6sc6ccccc67)ccc54)c3)n2)cc1. The van der Waals surface area contributed by atoms with Crippen LogP contribution in [-0.2, 0) is 0 Å². The number of nitrogens with zero attached hydrogens (tertiary/aromatic N) is 4. The highest BCUT2D eigenvalue weighted by molar-refractivity contribution is 7.26. The Morgan fingerprint density at radius 1 is 0.380 bits per heavy atom. The molecule has 7 aromatic carbocycles. The number of hydrogen-bond donors (Lipinski definition) is 0. The molecular formula is C45H28N4S. The lowest BCUT2D eigenvalue weighted by Gasteiger charge is -2.12. The van der Waals surface area contributed by atoms with E-state index in [4.69, 9.17) is 15.0 Å². The fourth-order valence-corrected chi connectivity index (χ4v) is 8.35. The molecule has 0 unspecified atom stereocenters. The Morgan fingerprint density at radius 2 is 0.960 bits per heavy atom. The van der Waals surface area contributed by atoms with Crippen molar-refractivity contribution >= 4 is 53.3 Å². The molecule has 0 amide bonds. The van der Waals surface area contributed by atoms with Crippen molar-refractivity contribution in [3.63, 3.8) is 0 Å². The largest absolute Gasteiger partial charge is 0.309 e. The van der Waals surface area contributed by atoms with Crippen molar-refractivity contribution in [1.82, 2.24) is 19.5 Å². The normalized spacial score (nSPS) is 11.6. The van der Waals surface area contributed by atoms with Gasteiger partial charge in [0.1, 0.15) is 0 Å². The highest BCUT2D eigenvalue weighted by Gasteiger charge is 2.17. The molecule has 10 aromatic rings. The Balaban J connectivity index is 1.14. The van der Waals surface area contributed by atoms with Crippen LogP contribution in [-0.4, -0.2) is 19.5 Å². The van der Waals surface area contributed by atoms with Crippen molar-refractivity contribution in [2.24, 2.45) is 0 Å². The quantitative estimate of drug-likeness (QED) is 0.185. The second kappa shape index (κ2) is 11.6. The molecular weight excluding hydrogens is 629 g/mol. The van der Waals surface area contributed by atoms with Crippen LogP contribution in [0.15, 0.2) is 170 Å². The predicted molar refractivity (Wildman–Crippen MR) is 209 cm³/mol. The van der Waals surface area contributed by atoms with Gasteiger partial charge in [0.2, 0.25) is 0 Å². The van der Waals surface area contributed by atoms with Gasteiger partial charge in [-0.3, -0.25) is 0 Å². The van der Waals surface area contributed by atoms with Crippen LogP contribution < -0.4 is 0 Å². The van der Waals surface area contributed by atoms with Crippen LogP contribution in [0.5, 0.6) is 0 Å². The molecule has 0 bridgehead atoms. The number of thiophene rings is 1. The topological polar surface area (TPSA) is 43.6 Å². The molecule has 0 radical (unpaired) electrons. The summed E-state index contributed by atoms with van der Waals surface area (Å²) in [5.74, 6) is 1.94. The molecule has 0 aliphatic carbocycles. The molecule has 0 aliphatic heterocycles. The molecule has 10 rings (SSSR count). The number of benzene rings is 7. The molecule has 0 fully saturated rings. The summed E-state index contributed by atoms with van der Waals surface area (Å²) in [5.41, 5.74) is 8.68. The van der Waals surface area contributed by atoms with E-state index < -0.39 is 0 Å². The molecule has 50 heavy (non-hydrogen) atoms. The van der Waals surface area contributed by atoms with Crippen LogP contribution in [0, 0.1) is 0 Å². The van der Waals surface area contributed by atoms with E-state index >= 15 is 0 Å². The van der Waals surface area contributed by atoms with Crippen molar-refractivity contribution < 1.29 is 0 Å². The number of hydrogen-bond acceptors (Lipinski definition) is 4.